The highest BCUT2D eigenvalue weighted by atomic mass is 35.5. The molecule has 5 rings (SSSR count). The Bertz CT molecular complexity index is 2380. The number of halogens is 1. The number of fused-ring (bicyclic) bond motifs is 1. The number of carbonyl (C=O) groups is 7. The van der Waals surface area contributed by atoms with Gasteiger partial charge < -0.3 is 42.0 Å². The van der Waals surface area contributed by atoms with Crippen LogP contribution in [0.1, 0.15) is 61.0 Å². The number of aromatic nitrogens is 2. The van der Waals surface area contributed by atoms with Gasteiger partial charge in [0.2, 0.25) is 17.7 Å². The minimum atomic E-state index is -1.15. The fourth-order valence-corrected chi connectivity index (χ4v) is 6.61. The molecule has 0 aliphatic carbocycles. The number of ketones is 1. The number of carbonyl (C=O) groups excluding carboxylic acids is 6. The zero-order valence-corrected chi connectivity index (χ0v) is 34.4. The molecule has 0 saturated heterocycles. The molecule has 0 saturated carbocycles. The second-order valence-electron chi connectivity index (χ2n) is 14.7. The van der Waals surface area contributed by atoms with Gasteiger partial charge in [-0.1, -0.05) is 67.9 Å². The molecule has 3 aromatic carbocycles. The number of rotatable bonds is 20. The zero-order valence-electron chi connectivity index (χ0n) is 33.7. The summed E-state index contributed by atoms with van der Waals surface area (Å²) in [6, 6.07) is 22.4. The molecule has 2 aromatic heterocycles. The van der Waals surface area contributed by atoms with E-state index in [4.69, 9.17) is 22.4 Å². The molecule has 16 nitrogen and oxygen atoms in total. The molecule has 0 aliphatic rings. The number of para-hydroxylation sites is 1. The van der Waals surface area contributed by atoms with Crippen LogP contribution in [0.2, 0.25) is 5.02 Å². The number of Topliss-reactive ketones (excluding diaryl/α,β-unsaturated/α-hetero) is 1. The van der Waals surface area contributed by atoms with Crippen LogP contribution < -0.4 is 36.9 Å². The Morgan fingerprint density at radius 1 is 0.787 bits per heavy atom. The van der Waals surface area contributed by atoms with E-state index in [1.807, 2.05) is 57.7 Å². The van der Waals surface area contributed by atoms with Crippen LogP contribution in [-0.4, -0.2) is 69.7 Å². The van der Waals surface area contributed by atoms with Gasteiger partial charge in [0, 0.05) is 65.0 Å². The Labute approximate surface area is 356 Å². The van der Waals surface area contributed by atoms with Crippen molar-refractivity contribution in [3.05, 3.63) is 125 Å². The highest BCUT2D eigenvalue weighted by Gasteiger charge is 2.29. The highest BCUT2D eigenvalue weighted by Crippen LogP contribution is 2.24. The summed E-state index contributed by atoms with van der Waals surface area (Å²) in [7, 11) is 0. The second kappa shape index (κ2) is 21.3. The zero-order chi connectivity index (χ0) is 44.1. The van der Waals surface area contributed by atoms with E-state index in [0.29, 0.717) is 46.9 Å². The molecule has 0 aliphatic heterocycles. The molecule has 2 atom stereocenters. The fourth-order valence-electron chi connectivity index (χ4n) is 6.48. The first-order valence-electron chi connectivity index (χ1n) is 19.6. The average molecular weight is 852 g/mol. The van der Waals surface area contributed by atoms with Crippen LogP contribution in [0, 0.1) is 5.92 Å². The molecule has 0 fully saturated rings. The molecule has 5 aromatic rings. The van der Waals surface area contributed by atoms with Crippen LogP contribution in [-0.2, 0) is 37.1 Å². The van der Waals surface area contributed by atoms with Gasteiger partial charge in [-0.25, -0.2) is 9.36 Å². The number of anilines is 2. The molecule has 2 heterocycles. The predicted octanol–water partition coefficient (Wildman–Crippen LogP) is 4.38. The van der Waals surface area contributed by atoms with E-state index >= 15 is 0 Å². The molecule has 0 bridgehead atoms. The first kappa shape index (κ1) is 45.0. The van der Waals surface area contributed by atoms with Crippen molar-refractivity contribution in [1.29, 1.82) is 0 Å². The molecule has 0 radical (unpaired) electrons. The number of carboxylic acid groups (broad SMARTS) is 1. The number of nitrogens with one attached hydrogen (secondary N) is 5. The van der Waals surface area contributed by atoms with Crippen molar-refractivity contribution in [2.75, 3.05) is 17.2 Å². The average Bonchev–Trinajstić information content (AvgIpc) is 3.59. The number of amides is 6. The predicted molar refractivity (Wildman–Crippen MR) is 229 cm³/mol. The lowest BCUT2D eigenvalue weighted by molar-refractivity contribution is -0.688. The van der Waals surface area contributed by atoms with Crippen LogP contribution in [0.3, 0.4) is 0 Å². The number of nitrogens with two attached hydrogens (primary N) is 1. The van der Waals surface area contributed by atoms with Gasteiger partial charge in [-0.2, -0.15) is 0 Å². The van der Waals surface area contributed by atoms with Crippen molar-refractivity contribution in [2.24, 2.45) is 11.7 Å². The monoisotopic (exact) mass is 851 g/mol. The van der Waals surface area contributed by atoms with E-state index in [2.05, 4.69) is 26.6 Å². The van der Waals surface area contributed by atoms with Gasteiger partial charge in [0.15, 0.2) is 18.9 Å². The van der Waals surface area contributed by atoms with E-state index in [1.54, 1.807) is 68.8 Å². The SMILES string of the molecule is CC(C)[C@H](NC(=O)CCC(=O)O)C(=O)NC(CCCNC(N)=O)C(=O)Nc1ccc(C[n+]2ccc(NC(=O)C(=O)c3cn(Cc4ccc(Cl)cc4)c4ccccc34)cc2)cc1. The maximum absolute atomic E-state index is 13.5. The molecule has 1 unspecified atom stereocenters. The normalized spacial score (nSPS) is 11.9. The number of nitrogens with zero attached hydrogens (tertiary/aromatic N) is 2. The smallest absolute Gasteiger partial charge is 0.312 e. The first-order valence-corrected chi connectivity index (χ1v) is 20.0. The standard InChI is InChI=1S/C44H47ClN8O8/c1-27(2)39(51-37(54)17-18-38(55)56)42(59)50-35(7-5-21-47-44(46)61)41(58)48-31-15-11-28(12-16-31)24-52-22-19-32(20-23-52)49-43(60)40(57)34-26-53(36-8-4-3-6-33(34)36)25-29-9-13-30(45)14-10-29/h3-4,6,8-16,19-20,22-23,26-27,35,39H,5,7,17-18,21,24-25H2,1-2H3,(H7,46,47,48,50,51,54,55,56,58,59,61)/p+1/t35?,39-/m0/s1. The molecule has 61 heavy (non-hydrogen) atoms. The van der Waals surface area contributed by atoms with Crippen molar-refractivity contribution < 1.29 is 43.2 Å². The third-order valence-corrected chi connectivity index (χ3v) is 9.93. The highest BCUT2D eigenvalue weighted by molar-refractivity contribution is 6.48. The van der Waals surface area contributed by atoms with E-state index in [0.717, 1.165) is 16.6 Å². The van der Waals surface area contributed by atoms with E-state index in [-0.39, 0.29) is 25.3 Å². The van der Waals surface area contributed by atoms with Gasteiger partial charge in [-0.05, 0) is 54.7 Å². The topological polar surface area (TPSA) is 235 Å². The lowest BCUT2D eigenvalue weighted by atomic mass is 10.0. The minimum absolute atomic E-state index is 0.129. The molecule has 318 valence electrons. The van der Waals surface area contributed by atoms with Crippen molar-refractivity contribution in [2.45, 2.75) is 64.7 Å². The summed E-state index contributed by atoms with van der Waals surface area (Å²) in [6.45, 7) is 4.50. The van der Waals surface area contributed by atoms with Gasteiger partial charge in [0.05, 0.1) is 17.7 Å². The van der Waals surface area contributed by atoms with Crippen LogP contribution in [0.4, 0.5) is 16.2 Å². The molecule has 6 amide bonds. The van der Waals surface area contributed by atoms with Crippen molar-refractivity contribution >= 4 is 75.3 Å². The number of hydrogen-bond donors (Lipinski definition) is 7. The summed E-state index contributed by atoms with van der Waals surface area (Å²) >= 11 is 6.05. The summed E-state index contributed by atoms with van der Waals surface area (Å²) in [5.41, 5.74) is 9.02. The summed E-state index contributed by atoms with van der Waals surface area (Å²) in [5.74, 6) is -4.73. The third kappa shape index (κ3) is 13.2. The van der Waals surface area contributed by atoms with Gasteiger partial charge in [-0.3, -0.25) is 28.8 Å². The maximum Gasteiger partial charge on any atom is 0.312 e. The van der Waals surface area contributed by atoms with Gasteiger partial charge >= 0.3 is 12.0 Å². The molecule has 0 spiro atoms. The number of pyridine rings is 1. The van der Waals surface area contributed by atoms with E-state index < -0.39 is 59.9 Å². The Morgan fingerprint density at radius 2 is 1.44 bits per heavy atom. The Morgan fingerprint density at radius 3 is 2.10 bits per heavy atom. The minimum Gasteiger partial charge on any atom is -0.481 e. The summed E-state index contributed by atoms with van der Waals surface area (Å²) in [6.07, 6.45) is 4.93. The van der Waals surface area contributed by atoms with Crippen molar-refractivity contribution in [3.63, 3.8) is 0 Å². The number of primary amides is 1. The largest absolute Gasteiger partial charge is 0.481 e. The lowest BCUT2D eigenvalue weighted by Gasteiger charge is -2.25. The summed E-state index contributed by atoms with van der Waals surface area (Å²) in [4.78, 5) is 87.7. The fraction of sp³-hybridized carbons (Fsp3) is 0.273. The Balaban J connectivity index is 1.18. The van der Waals surface area contributed by atoms with Gasteiger partial charge in [0.25, 0.3) is 11.7 Å². The number of benzene rings is 3. The van der Waals surface area contributed by atoms with Crippen molar-refractivity contribution in [3.8, 4) is 0 Å². The van der Waals surface area contributed by atoms with Crippen LogP contribution in [0.25, 0.3) is 10.9 Å². The third-order valence-electron chi connectivity index (χ3n) is 9.67. The quantitative estimate of drug-likeness (QED) is 0.0256. The van der Waals surface area contributed by atoms with E-state index in [9.17, 15) is 33.6 Å². The second-order valence-corrected chi connectivity index (χ2v) is 15.2. The Hall–Kier alpha value is -7.07. The number of urea groups is 1. The first-order chi connectivity index (χ1) is 29.2. The van der Waals surface area contributed by atoms with Gasteiger partial charge in [0.1, 0.15) is 12.1 Å². The molecular formula is C44H48ClN8O8+. The van der Waals surface area contributed by atoms with E-state index in [1.165, 1.54) is 0 Å². The summed E-state index contributed by atoms with van der Waals surface area (Å²) in [5, 5.41) is 23.4. The molecular weight excluding hydrogens is 804 g/mol. The number of hydrogen-bond acceptors (Lipinski definition) is 7. The Kier molecular flexibility index (Phi) is 15.7. The van der Waals surface area contributed by atoms with Crippen LogP contribution in [0.5, 0.6) is 0 Å². The lowest BCUT2D eigenvalue weighted by Crippen LogP contribution is -2.54. The van der Waals surface area contributed by atoms with Crippen molar-refractivity contribution in [1.82, 2.24) is 20.5 Å². The van der Waals surface area contributed by atoms with Crippen LogP contribution in [0.15, 0.2) is 104 Å². The van der Waals surface area contributed by atoms with Crippen LogP contribution >= 0.6 is 11.6 Å². The summed E-state index contributed by atoms with van der Waals surface area (Å²) < 4.78 is 3.80. The van der Waals surface area contributed by atoms with Gasteiger partial charge in [-0.15, -0.1) is 0 Å². The number of carboxylic acids is 1. The maximum atomic E-state index is 13.5. The molecule has 8 N–H and O–H groups in total. The number of aliphatic carboxylic acids is 1. The molecule has 17 heteroatoms.